The Morgan fingerprint density at radius 1 is 1.21 bits per heavy atom. The molecule has 2 rings (SSSR count). The molecule has 0 saturated heterocycles. The lowest BCUT2D eigenvalue weighted by Gasteiger charge is -2.33. The summed E-state index contributed by atoms with van der Waals surface area (Å²) in [6, 6.07) is 8.43. The van der Waals surface area contributed by atoms with Gasteiger partial charge in [-0.05, 0) is 44.7 Å². The minimum Gasteiger partial charge on any atom is -0.328 e. The molecule has 0 heterocycles. The maximum absolute atomic E-state index is 12.2. The lowest BCUT2D eigenvalue weighted by Crippen LogP contribution is -2.43. The Kier molecular flexibility index (Phi) is 4.43. The Balaban J connectivity index is 1.90. The first kappa shape index (κ1) is 13.9. The zero-order chi connectivity index (χ0) is 13.8. The quantitative estimate of drug-likeness (QED) is 0.860. The molecular weight excluding hydrogens is 238 g/mol. The monoisotopic (exact) mass is 261 g/mol. The summed E-state index contributed by atoms with van der Waals surface area (Å²) >= 11 is 0. The molecule has 3 N–H and O–H groups in total. The minimum absolute atomic E-state index is 0.0377. The normalized spacial score (nSPS) is 22.9. The Morgan fingerprint density at radius 3 is 2.37 bits per heavy atom. The summed E-state index contributed by atoms with van der Waals surface area (Å²) in [7, 11) is 1.87. The second-order valence-corrected chi connectivity index (χ2v) is 5.48. The Bertz CT molecular complexity index is 422. The van der Waals surface area contributed by atoms with Gasteiger partial charge in [0.2, 0.25) is 0 Å². The zero-order valence-electron chi connectivity index (χ0n) is 11.7. The van der Waals surface area contributed by atoms with Crippen LogP contribution in [0.2, 0.25) is 0 Å². The highest BCUT2D eigenvalue weighted by molar-refractivity contribution is 5.89. The smallest absolute Gasteiger partial charge is 0.321 e. The molecule has 0 bridgehead atoms. The van der Waals surface area contributed by atoms with Crippen molar-refractivity contribution in [1.29, 1.82) is 0 Å². The van der Waals surface area contributed by atoms with Crippen LogP contribution in [-0.4, -0.2) is 30.1 Å². The number of nitrogens with one attached hydrogen (secondary N) is 1. The first-order valence-corrected chi connectivity index (χ1v) is 6.92. The lowest BCUT2D eigenvalue weighted by atomic mass is 9.91. The molecule has 4 nitrogen and oxygen atoms in total. The topological polar surface area (TPSA) is 58.4 Å². The molecule has 0 aliphatic heterocycles. The van der Waals surface area contributed by atoms with Crippen LogP contribution in [0.5, 0.6) is 0 Å². The summed E-state index contributed by atoms with van der Waals surface area (Å²) in [6.45, 7) is 2.03. The zero-order valence-corrected chi connectivity index (χ0v) is 11.7. The van der Waals surface area contributed by atoms with Gasteiger partial charge in [-0.25, -0.2) is 4.79 Å². The van der Waals surface area contributed by atoms with Gasteiger partial charge in [-0.3, -0.25) is 0 Å². The van der Waals surface area contributed by atoms with Crippen LogP contribution in [0.1, 0.15) is 31.2 Å². The van der Waals surface area contributed by atoms with E-state index in [0.717, 1.165) is 31.4 Å². The second kappa shape index (κ2) is 6.06. The van der Waals surface area contributed by atoms with Crippen molar-refractivity contribution in [3.63, 3.8) is 0 Å². The number of urea groups is 1. The van der Waals surface area contributed by atoms with Crippen molar-refractivity contribution >= 4 is 11.7 Å². The van der Waals surface area contributed by atoms with Crippen molar-refractivity contribution in [3.05, 3.63) is 29.8 Å². The van der Waals surface area contributed by atoms with Crippen molar-refractivity contribution in [3.8, 4) is 0 Å². The number of carbonyl (C=O) groups is 1. The molecular formula is C15H23N3O. The molecule has 0 aromatic heterocycles. The number of nitrogens with zero attached hydrogens (tertiary/aromatic N) is 1. The average molecular weight is 261 g/mol. The number of benzene rings is 1. The molecule has 2 amide bonds. The summed E-state index contributed by atoms with van der Waals surface area (Å²) in [6.07, 6.45) is 4.01. The fourth-order valence-corrected chi connectivity index (χ4v) is 2.50. The summed E-state index contributed by atoms with van der Waals surface area (Å²) in [4.78, 5) is 14.0. The largest absolute Gasteiger partial charge is 0.328 e. The number of nitrogens with two attached hydrogens (primary N) is 1. The molecule has 1 aromatic carbocycles. The first-order chi connectivity index (χ1) is 9.06. The van der Waals surface area contributed by atoms with E-state index in [1.807, 2.05) is 43.1 Å². The highest BCUT2D eigenvalue weighted by Crippen LogP contribution is 2.21. The van der Waals surface area contributed by atoms with Crippen LogP contribution in [0.3, 0.4) is 0 Å². The van der Waals surface area contributed by atoms with E-state index >= 15 is 0 Å². The third-order valence-electron chi connectivity index (χ3n) is 3.91. The molecule has 4 heteroatoms. The molecule has 1 aromatic rings. The second-order valence-electron chi connectivity index (χ2n) is 5.48. The van der Waals surface area contributed by atoms with Gasteiger partial charge >= 0.3 is 6.03 Å². The molecule has 1 aliphatic carbocycles. The van der Waals surface area contributed by atoms with Gasteiger partial charge in [0.25, 0.3) is 0 Å². The number of rotatable bonds is 2. The first-order valence-electron chi connectivity index (χ1n) is 6.92. The van der Waals surface area contributed by atoms with E-state index in [0.29, 0.717) is 12.1 Å². The third kappa shape index (κ3) is 3.70. The Labute approximate surface area is 115 Å². The molecule has 19 heavy (non-hydrogen) atoms. The predicted molar refractivity (Wildman–Crippen MR) is 78.2 cm³/mol. The van der Waals surface area contributed by atoms with Crippen molar-refractivity contribution in [1.82, 2.24) is 4.90 Å². The van der Waals surface area contributed by atoms with Gasteiger partial charge in [-0.15, -0.1) is 0 Å². The van der Waals surface area contributed by atoms with E-state index in [2.05, 4.69) is 5.32 Å². The van der Waals surface area contributed by atoms with Crippen molar-refractivity contribution in [2.45, 2.75) is 44.7 Å². The number of carbonyl (C=O) groups excluding carboxylic acids is 1. The molecule has 0 atom stereocenters. The summed E-state index contributed by atoms with van der Waals surface area (Å²) < 4.78 is 0. The SMILES string of the molecule is Cc1ccc(NC(=O)N(C)C2CCC(N)CC2)cc1. The average Bonchev–Trinajstić information content (AvgIpc) is 2.41. The van der Waals surface area contributed by atoms with E-state index in [1.54, 1.807) is 0 Å². The maximum atomic E-state index is 12.2. The molecule has 0 spiro atoms. The van der Waals surface area contributed by atoms with E-state index in [9.17, 15) is 4.79 Å². The standard InChI is InChI=1S/C15H23N3O/c1-11-3-7-13(8-4-11)17-15(19)18(2)14-9-5-12(16)6-10-14/h3-4,7-8,12,14H,5-6,9-10,16H2,1-2H3,(H,17,19). The molecule has 1 fully saturated rings. The van der Waals surface area contributed by atoms with Gasteiger partial charge in [0.1, 0.15) is 0 Å². The highest BCUT2D eigenvalue weighted by atomic mass is 16.2. The van der Waals surface area contributed by atoms with Crippen LogP contribution >= 0.6 is 0 Å². The Morgan fingerprint density at radius 2 is 1.79 bits per heavy atom. The van der Waals surface area contributed by atoms with E-state index in [-0.39, 0.29) is 6.03 Å². The van der Waals surface area contributed by atoms with Crippen molar-refractivity contribution in [2.24, 2.45) is 5.73 Å². The molecule has 1 saturated carbocycles. The minimum atomic E-state index is -0.0377. The van der Waals surface area contributed by atoms with Crippen molar-refractivity contribution in [2.75, 3.05) is 12.4 Å². The number of aryl methyl sites for hydroxylation is 1. The molecule has 0 unspecified atom stereocenters. The fraction of sp³-hybridized carbons (Fsp3) is 0.533. The number of hydrogen-bond acceptors (Lipinski definition) is 2. The van der Waals surface area contributed by atoms with Crippen LogP contribution in [0, 0.1) is 6.92 Å². The predicted octanol–water partition coefficient (Wildman–Crippen LogP) is 2.73. The van der Waals surface area contributed by atoms with Gasteiger partial charge < -0.3 is 16.0 Å². The number of amides is 2. The summed E-state index contributed by atoms with van der Waals surface area (Å²) in [5.41, 5.74) is 7.92. The molecule has 1 aliphatic rings. The molecule has 104 valence electrons. The van der Waals surface area contributed by atoms with Crippen LogP contribution in [-0.2, 0) is 0 Å². The fourth-order valence-electron chi connectivity index (χ4n) is 2.50. The van der Waals surface area contributed by atoms with Crippen molar-refractivity contribution < 1.29 is 4.79 Å². The molecule has 0 radical (unpaired) electrons. The van der Waals surface area contributed by atoms with Gasteiger partial charge in [0, 0.05) is 24.8 Å². The van der Waals surface area contributed by atoms with Crippen LogP contribution in [0.25, 0.3) is 0 Å². The van der Waals surface area contributed by atoms with Gasteiger partial charge in [-0.1, -0.05) is 17.7 Å². The highest BCUT2D eigenvalue weighted by Gasteiger charge is 2.24. The van der Waals surface area contributed by atoms with Gasteiger partial charge in [-0.2, -0.15) is 0 Å². The summed E-state index contributed by atoms with van der Waals surface area (Å²) in [5.74, 6) is 0. The van der Waals surface area contributed by atoms with Crippen LogP contribution in [0.4, 0.5) is 10.5 Å². The summed E-state index contributed by atoms with van der Waals surface area (Å²) in [5, 5.41) is 2.93. The number of hydrogen-bond donors (Lipinski definition) is 2. The van der Waals surface area contributed by atoms with E-state index in [1.165, 1.54) is 5.56 Å². The maximum Gasteiger partial charge on any atom is 0.321 e. The van der Waals surface area contributed by atoms with E-state index in [4.69, 9.17) is 5.73 Å². The van der Waals surface area contributed by atoms with Gasteiger partial charge in [0.15, 0.2) is 0 Å². The Hall–Kier alpha value is -1.55. The lowest BCUT2D eigenvalue weighted by molar-refractivity contribution is 0.182. The third-order valence-corrected chi connectivity index (χ3v) is 3.91. The number of anilines is 1. The van der Waals surface area contributed by atoms with Crippen LogP contribution in [0.15, 0.2) is 24.3 Å². The van der Waals surface area contributed by atoms with Gasteiger partial charge in [0.05, 0.1) is 0 Å². The van der Waals surface area contributed by atoms with E-state index < -0.39 is 0 Å². The van der Waals surface area contributed by atoms with Crippen LogP contribution < -0.4 is 11.1 Å².